The first-order valence-electron chi connectivity index (χ1n) is 10.7. The van der Waals surface area contributed by atoms with Crippen LogP contribution >= 0.6 is 0 Å². The second-order valence-electron chi connectivity index (χ2n) is 7.87. The van der Waals surface area contributed by atoms with Crippen LogP contribution in [0.1, 0.15) is 33.7 Å². The molecule has 0 unspecified atom stereocenters. The van der Waals surface area contributed by atoms with Gasteiger partial charge in [0.1, 0.15) is 11.5 Å². The van der Waals surface area contributed by atoms with Crippen LogP contribution in [0.15, 0.2) is 52.2 Å². The predicted molar refractivity (Wildman–Crippen MR) is 124 cm³/mol. The number of amides is 1. The molecule has 2 aromatic carbocycles. The van der Waals surface area contributed by atoms with Crippen molar-refractivity contribution in [2.24, 2.45) is 5.10 Å². The number of aromatic hydroxyl groups is 2. The van der Waals surface area contributed by atoms with E-state index in [0.717, 1.165) is 25.1 Å². The molecule has 178 valence electrons. The number of aromatic nitrogens is 5. The summed E-state index contributed by atoms with van der Waals surface area (Å²) < 4.78 is 6.04. The molecule has 0 saturated carbocycles. The highest BCUT2D eigenvalue weighted by Crippen LogP contribution is 2.29. The second-order valence-corrected chi connectivity index (χ2v) is 7.87. The van der Waals surface area contributed by atoms with Crippen molar-refractivity contribution in [1.82, 2.24) is 30.7 Å². The topological polar surface area (TPSA) is 181 Å². The lowest BCUT2D eigenvalue weighted by Gasteiger charge is -2.31. The van der Waals surface area contributed by atoms with Crippen LogP contribution in [-0.2, 0) is 13.0 Å². The Kier molecular flexibility index (Phi) is 5.71. The van der Waals surface area contributed by atoms with E-state index in [1.807, 2.05) is 18.2 Å². The van der Waals surface area contributed by atoms with Crippen molar-refractivity contribution in [1.29, 1.82) is 0 Å². The van der Waals surface area contributed by atoms with Gasteiger partial charge >= 0.3 is 0 Å². The maximum absolute atomic E-state index is 13.0. The van der Waals surface area contributed by atoms with Crippen LogP contribution < -0.4 is 16.1 Å². The minimum Gasteiger partial charge on any atom is -0.508 e. The number of para-hydroxylation sites is 1. The largest absolute Gasteiger partial charge is 0.508 e. The summed E-state index contributed by atoms with van der Waals surface area (Å²) in [4.78, 5) is 15.1. The molecule has 2 aromatic heterocycles. The number of rotatable bonds is 6. The molecule has 5 rings (SSSR count). The number of hydrogen-bond donors (Lipinski definition) is 4. The number of anilines is 2. The van der Waals surface area contributed by atoms with Crippen molar-refractivity contribution in [3.63, 3.8) is 0 Å². The zero-order valence-corrected chi connectivity index (χ0v) is 18.4. The Balaban J connectivity index is 1.45. The molecule has 1 amide bonds. The molecule has 35 heavy (non-hydrogen) atoms. The quantitative estimate of drug-likeness (QED) is 0.235. The van der Waals surface area contributed by atoms with E-state index in [1.54, 1.807) is 0 Å². The van der Waals surface area contributed by atoms with E-state index < -0.39 is 5.91 Å². The normalized spacial score (nSPS) is 13.2. The lowest BCUT2D eigenvalue weighted by Crippen LogP contribution is -2.31. The van der Waals surface area contributed by atoms with Crippen LogP contribution in [0, 0.1) is 0 Å². The Morgan fingerprint density at radius 2 is 2.09 bits per heavy atom. The molecule has 5 N–H and O–H groups in total. The van der Waals surface area contributed by atoms with Crippen molar-refractivity contribution >= 4 is 23.6 Å². The third-order valence-electron chi connectivity index (χ3n) is 5.61. The van der Waals surface area contributed by atoms with Crippen molar-refractivity contribution in [3.8, 4) is 17.3 Å². The summed E-state index contributed by atoms with van der Waals surface area (Å²) >= 11 is 0. The highest BCUT2D eigenvalue weighted by molar-refractivity contribution is 5.94. The van der Waals surface area contributed by atoms with Gasteiger partial charge in [-0.25, -0.2) is 10.1 Å². The number of nitrogens with zero attached hydrogens (tertiary/aromatic N) is 7. The summed E-state index contributed by atoms with van der Waals surface area (Å²) in [5.74, 6) is -0.781. The van der Waals surface area contributed by atoms with Gasteiger partial charge in [0.05, 0.1) is 18.5 Å². The molecule has 1 aliphatic heterocycles. The molecule has 13 heteroatoms. The van der Waals surface area contributed by atoms with Gasteiger partial charge in [-0.15, -0.1) is 5.10 Å². The van der Waals surface area contributed by atoms with Crippen LogP contribution in [0.25, 0.3) is 5.82 Å². The van der Waals surface area contributed by atoms with Gasteiger partial charge in [0.15, 0.2) is 5.69 Å². The minimum absolute atomic E-state index is 0.00276. The number of nitrogens with one attached hydrogen (secondary N) is 1. The van der Waals surface area contributed by atoms with Crippen LogP contribution in [0.2, 0.25) is 0 Å². The van der Waals surface area contributed by atoms with Gasteiger partial charge in [0.25, 0.3) is 5.91 Å². The standard InChI is InChI=1S/C22H21N9O4/c23-20-21(28-35-27-20)31-17(12-30-9-3-5-13-4-1-2-6-16(13)30)19(25-29-31)22(34)26-24-11-14-7-8-15(32)10-18(14)33/h1-2,4,6-8,10-11,32-33H,3,5,9,12H2,(H2,23,27)(H,26,34)/b24-11+. The van der Waals surface area contributed by atoms with Gasteiger partial charge in [0, 0.05) is 23.9 Å². The number of carbonyl (C=O) groups is 1. The second kappa shape index (κ2) is 9.13. The van der Waals surface area contributed by atoms with Gasteiger partial charge in [-0.2, -0.15) is 9.78 Å². The lowest BCUT2D eigenvalue weighted by molar-refractivity contribution is 0.0949. The number of nitrogens with two attached hydrogens (primary N) is 1. The summed E-state index contributed by atoms with van der Waals surface area (Å²) in [6, 6.07) is 12.1. The number of hydrogen-bond acceptors (Lipinski definition) is 11. The fraction of sp³-hybridized carbons (Fsp3) is 0.182. The Labute approximate surface area is 198 Å². The van der Waals surface area contributed by atoms with Gasteiger partial charge in [0.2, 0.25) is 11.6 Å². The van der Waals surface area contributed by atoms with Crippen molar-refractivity contribution in [3.05, 3.63) is 65.0 Å². The van der Waals surface area contributed by atoms with E-state index in [4.69, 9.17) is 10.4 Å². The zero-order valence-electron chi connectivity index (χ0n) is 18.4. The molecule has 0 bridgehead atoms. The molecule has 0 spiro atoms. The van der Waals surface area contributed by atoms with Crippen LogP contribution in [-0.4, -0.2) is 54.2 Å². The van der Waals surface area contributed by atoms with Gasteiger partial charge < -0.3 is 20.8 Å². The highest BCUT2D eigenvalue weighted by atomic mass is 16.6. The lowest BCUT2D eigenvalue weighted by atomic mass is 10.0. The first kappa shape index (κ1) is 21.9. The molecule has 0 aliphatic carbocycles. The Morgan fingerprint density at radius 3 is 2.89 bits per heavy atom. The molecular formula is C22H21N9O4. The van der Waals surface area contributed by atoms with Crippen molar-refractivity contribution in [2.75, 3.05) is 17.2 Å². The van der Waals surface area contributed by atoms with E-state index in [2.05, 4.69) is 42.1 Å². The maximum atomic E-state index is 13.0. The van der Waals surface area contributed by atoms with Crippen LogP contribution in [0.5, 0.6) is 11.5 Å². The number of carbonyl (C=O) groups excluding carboxylic acids is 1. The third-order valence-corrected chi connectivity index (χ3v) is 5.61. The molecule has 1 aliphatic rings. The van der Waals surface area contributed by atoms with Crippen LogP contribution in [0.3, 0.4) is 0 Å². The molecule has 0 atom stereocenters. The van der Waals surface area contributed by atoms with Crippen molar-refractivity contribution < 1.29 is 19.6 Å². The first-order chi connectivity index (χ1) is 17.0. The number of aryl methyl sites for hydroxylation is 1. The monoisotopic (exact) mass is 475 g/mol. The SMILES string of the molecule is Nc1nonc1-n1nnc(C(=O)N/N=C/c2ccc(O)cc2O)c1CN1CCCc2ccccc21. The molecular weight excluding hydrogens is 454 g/mol. The van der Waals surface area contributed by atoms with Gasteiger partial charge in [-0.3, -0.25) is 4.79 Å². The zero-order chi connectivity index (χ0) is 24.4. The smallest absolute Gasteiger partial charge is 0.293 e. The van der Waals surface area contributed by atoms with Crippen molar-refractivity contribution in [2.45, 2.75) is 19.4 Å². The van der Waals surface area contributed by atoms with E-state index in [9.17, 15) is 15.0 Å². The van der Waals surface area contributed by atoms with E-state index >= 15 is 0 Å². The molecule has 3 heterocycles. The number of nitrogen functional groups attached to an aromatic ring is 1. The van der Waals surface area contributed by atoms with Gasteiger partial charge in [-0.05, 0) is 46.9 Å². The Bertz CT molecular complexity index is 1410. The average molecular weight is 475 g/mol. The van der Waals surface area contributed by atoms with E-state index in [1.165, 1.54) is 34.7 Å². The summed E-state index contributed by atoms with van der Waals surface area (Å²) in [5, 5.41) is 38.7. The summed E-state index contributed by atoms with van der Waals surface area (Å²) in [6.45, 7) is 1.07. The number of phenolic OH excluding ortho intramolecular Hbond substituents is 2. The molecule has 4 aromatic rings. The van der Waals surface area contributed by atoms with E-state index in [0.29, 0.717) is 17.8 Å². The summed E-state index contributed by atoms with van der Waals surface area (Å²) in [7, 11) is 0. The summed E-state index contributed by atoms with van der Waals surface area (Å²) in [6.07, 6.45) is 3.17. The van der Waals surface area contributed by atoms with E-state index in [-0.39, 0.29) is 28.8 Å². The Hall–Kier alpha value is -4.94. The number of benzene rings is 2. The molecule has 0 radical (unpaired) electrons. The number of hydrazone groups is 1. The average Bonchev–Trinajstić information content (AvgIpc) is 3.46. The fourth-order valence-electron chi connectivity index (χ4n) is 3.94. The molecule has 13 nitrogen and oxygen atoms in total. The van der Waals surface area contributed by atoms with Crippen LogP contribution in [0.4, 0.5) is 11.5 Å². The first-order valence-corrected chi connectivity index (χ1v) is 10.7. The molecule has 0 fully saturated rings. The Morgan fingerprint density at radius 1 is 1.23 bits per heavy atom. The number of phenols is 2. The minimum atomic E-state index is -0.624. The molecule has 0 saturated heterocycles. The fourth-order valence-corrected chi connectivity index (χ4v) is 3.94. The highest BCUT2D eigenvalue weighted by Gasteiger charge is 2.27. The number of fused-ring (bicyclic) bond motifs is 1. The predicted octanol–water partition coefficient (Wildman–Crippen LogP) is 1.36. The third kappa shape index (κ3) is 4.34. The maximum Gasteiger partial charge on any atom is 0.293 e. The summed E-state index contributed by atoms with van der Waals surface area (Å²) in [5.41, 5.74) is 11.3. The van der Waals surface area contributed by atoms with Gasteiger partial charge in [-0.1, -0.05) is 23.4 Å².